The number of urea groups is 1. The second-order valence-corrected chi connectivity index (χ2v) is 7.22. The second kappa shape index (κ2) is 9.41. The summed E-state index contributed by atoms with van der Waals surface area (Å²) in [4.78, 5) is 20.6. The van der Waals surface area contributed by atoms with E-state index in [9.17, 15) is 9.90 Å². The number of aromatic hydroxyl groups is 1. The van der Waals surface area contributed by atoms with Gasteiger partial charge in [-0.1, -0.05) is 6.07 Å². The number of likely N-dealkylation sites (tertiary alicyclic amines) is 1. The van der Waals surface area contributed by atoms with Crippen LogP contribution in [0.3, 0.4) is 0 Å². The van der Waals surface area contributed by atoms with Crippen LogP contribution in [-0.2, 0) is 13.1 Å². The fraction of sp³-hybridized carbons (Fsp3) is 0.429. The van der Waals surface area contributed by atoms with E-state index in [1.54, 1.807) is 24.1 Å². The Bertz CT molecular complexity index is 776. The lowest BCUT2D eigenvalue weighted by molar-refractivity contribution is 0.173. The molecule has 150 valence electrons. The minimum absolute atomic E-state index is 0.0791. The topological polar surface area (TPSA) is 77.9 Å². The molecule has 7 heteroatoms. The molecule has 2 amide bonds. The number of rotatable bonds is 6. The number of hydrogen-bond acceptors (Lipinski definition) is 5. The van der Waals surface area contributed by atoms with Gasteiger partial charge in [0.15, 0.2) is 11.5 Å². The minimum atomic E-state index is -0.0945. The fourth-order valence-electron chi connectivity index (χ4n) is 3.45. The van der Waals surface area contributed by atoms with Gasteiger partial charge in [0.2, 0.25) is 0 Å². The molecule has 1 fully saturated rings. The van der Waals surface area contributed by atoms with Crippen LogP contribution >= 0.6 is 0 Å². The Morgan fingerprint density at radius 3 is 2.61 bits per heavy atom. The highest BCUT2D eigenvalue weighted by Crippen LogP contribution is 2.26. The number of methoxy groups -OCH3 is 1. The predicted molar refractivity (Wildman–Crippen MR) is 107 cm³/mol. The van der Waals surface area contributed by atoms with E-state index < -0.39 is 0 Å². The van der Waals surface area contributed by atoms with Gasteiger partial charge < -0.3 is 20.1 Å². The van der Waals surface area contributed by atoms with E-state index in [2.05, 4.69) is 15.2 Å². The van der Waals surface area contributed by atoms with E-state index in [0.717, 1.165) is 38.0 Å². The third-order valence-electron chi connectivity index (χ3n) is 5.08. The number of aromatic nitrogens is 1. The molecule has 3 rings (SSSR count). The predicted octanol–water partition coefficient (Wildman–Crippen LogP) is 2.60. The molecule has 0 spiro atoms. The lowest BCUT2D eigenvalue weighted by Gasteiger charge is -2.33. The maximum Gasteiger partial charge on any atom is 0.317 e. The van der Waals surface area contributed by atoms with Crippen molar-refractivity contribution < 1.29 is 14.6 Å². The van der Waals surface area contributed by atoms with E-state index >= 15 is 0 Å². The molecule has 0 unspecified atom stereocenters. The zero-order valence-corrected chi connectivity index (χ0v) is 16.5. The van der Waals surface area contributed by atoms with Crippen LogP contribution in [0.15, 0.2) is 42.7 Å². The monoisotopic (exact) mass is 384 g/mol. The molecule has 1 saturated heterocycles. The van der Waals surface area contributed by atoms with Gasteiger partial charge in [-0.3, -0.25) is 9.88 Å². The van der Waals surface area contributed by atoms with E-state index in [1.807, 2.05) is 30.6 Å². The van der Waals surface area contributed by atoms with E-state index in [0.29, 0.717) is 12.3 Å². The van der Waals surface area contributed by atoms with Crippen molar-refractivity contribution in [2.75, 3.05) is 27.2 Å². The Labute approximate surface area is 165 Å². The first kappa shape index (κ1) is 19.9. The first-order chi connectivity index (χ1) is 13.5. The summed E-state index contributed by atoms with van der Waals surface area (Å²) in [5.74, 6) is 0.504. The van der Waals surface area contributed by atoms with Gasteiger partial charge in [0, 0.05) is 51.7 Å². The zero-order chi connectivity index (χ0) is 19.9. The number of amides is 2. The van der Waals surface area contributed by atoms with Crippen LogP contribution in [0, 0.1) is 0 Å². The van der Waals surface area contributed by atoms with Crippen molar-refractivity contribution in [3.05, 3.63) is 53.9 Å². The number of phenolic OH excluding ortho intramolecular Hbond substituents is 1. The normalized spacial score (nSPS) is 15.2. The maximum absolute atomic E-state index is 12.5. The third-order valence-corrected chi connectivity index (χ3v) is 5.08. The molecule has 0 bridgehead atoms. The summed E-state index contributed by atoms with van der Waals surface area (Å²) in [6.45, 7) is 3.26. The summed E-state index contributed by atoms with van der Waals surface area (Å²) >= 11 is 0. The van der Waals surface area contributed by atoms with Crippen LogP contribution in [0.1, 0.15) is 24.0 Å². The lowest BCUT2D eigenvalue weighted by atomic mass is 10.0. The Balaban J connectivity index is 1.44. The first-order valence-corrected chi connectivity index (χ1v) is 9.54. The van der Waals surface area contributed by atoms with Crippen molar-refractivity contribution in [2.45, 2.75) is 32.0 Å². The zero-order valence-electron chi connectivity index (χ0n) is 16.5. The molecule has 2 N–H and O–H groups in total. The van der Waals surface area contributed by atoms with Crippen LogP contribution in [-0.4, -0.2) is 59.2 Å². The van der Waals surface area contributed by atoms with E-state index in [1.165, 1.54) is 12.7 Å². The number of phenols is 1. The number of carbonyl (C=O) groups excluding carboxylic acids is 1. The van der Waals surface area contributed by atoms with Gasteiger partial charge in [-0.05, 0) is 48.2 Å². The van der Waals surface area contributed by atoms with E-state index in [-0.39, 0.29) is 17.8 Å². The molecule has 0 aliphatic carbocycles. The molecule has 2 heterocycles. The Morgan fingerprint density at radius 2 is 1.96 bits per heavy atom. The molecule has 7 nitrogen and oxygen atoms in total. The third kappa shape index (κ3) is 5.36. The highest BCUT2D eigenvalue weighted by atomic mass is 16.5. The summed E-state index contributed by atoms with van der Waals surface area (Å²) in [5, 5.41) is 13.0. The number of carbonyl (C=O) groups is 1. The highest BCUT2D eigenvalue weighted by molar-refractivity contribution is 5.74. The fourth-order valence-corrected chi connectivity index (χ4v) is 3.45. The average molecular weight is 384 g/mol. The van der Waals surface area contributed by atoms with Crippen LogP contribution in [0.4, 0.5) is 4.79 Å². The molecular weight excluding hydrogens is 356 g/mol. The average Bonchev–Trinajstić information content (AvgIpc) is 2.70. The lowest BCUT2D eigenvalue weighted by Crippen LogP contribution is -2.48. The molecule has 28 heavy (non-hydrogen) atoms. The van der Waals surface area contributed by atoms with Crippen molar-refractivity contribution in [1.82, 2.24) is 20.1 Å². The van der Waals surface area contributed by atoms with Gasteiger partial charge in [-0.25, -0.2) is 4.79 Å². The maximum atomic E-state index is 12.5. The van der Waals surface area contributed by atoms with Gasteiger partial charge in [-0.2, -0.15) is 0 Å². The number of nitrogens with one attached hydrogen (secondary N) is 1. The quantitative estimate of drug-likeness (QED) is 0.801. The van der Waals surface area contributed by atoms with Crippen molar-refractivity contribution in [1.29, 1.82) is 0 Å². The van der Waals surface area contributed by atoms with Gasteiger partial charge in [0.05, 0.1) is 7.11 Å². The van der Waals surface area contributed by atoms with Gasteiger partial charge in [-0.15, -0.1) is 0 Å². The Hall–Kier alpha value is -2.80. The van der Waals surface area contributed by atoms with Gasteiger partial charge >= 0.3 is 6.03 Å². The number of pyridine rings is 1. The smallest absolute Gasteiger partial charge is 0.317 e. The standard InChI is InChI=1S/C21H28N4O3/c1-24(14-17-3-4-20(28-2)19(26)13-17)21(27)23-18-7-11-25(12-8-18)15-16-5-9-22-10-6-16/h3-6,9-10,13,18,26H,7-8,11-12,14-15H2,1-2H3,(H,23,27). The minimum Gasteiger partial charge on any atom is -0.504 e. The Kier molecular flexibility index (Phi) is 6.71. The number of piperidine rings is 1. The van der Waals surface area contributed by atoms with Crippen molar-refractivity contribution in [2.24, 2.45) is 0 Å². The summed E-state index contributed by atoms with van der Waals surface area (Å²) in [6, 6.07) is 9.35. The molecule has 1 aromatic heterocycles. The number of nitrogens with zero attached hydrogens (tertiary/aromatic N) is 3. The summed E-state index contributed by atoms with van der Waals surface area (Å²) in [7, 11) is 3.27. The second-order valence-electron chi connectivity index (χ2n) is 7.22. The van der Waals surface area contributed by atoms with Crippen LogP contribution < -0.4 is 10.1 Å². The SMILES string of the molecule is COc1ccc(CN(C)C(=O)NC2CCN(Cc3ccncc3)CC2)cc1O. The molecule has 1 aromatic carbocycles. The molecule has 0 atom stereocenters. The molecule has 1 aliphatic rings. The summed E-state index contributed by atoms with van der Waals surface area (Å²) in [6.07, 6.45) is 5.52. The van der Waals surface area contributed by atoms with Crippen LogP contribution in [0.2, 0.25) is 0 Å². The summed E-state index contributed by atoms with van der Waals surface area (Å²) < 4.78 is 5.05. The van der Waals surface area contributed by atoms with Crippen molar-refractivity contribution >= 4 is 6.03 Å². The number of hydrogen-bond donors (Lipinski definition) is 2. The van der Waals surface area contributed by atoms with Gasteiger partial charge in [0.1, 0.15) is 0 Å². The molecule has 0 saturated carbocycles. The van der Waals surface area contributed by atoms with E-state index in [4.69, 9.17) is 4.74 Å². The van der Waals surface area contributed by atoms with Crippen molar-refractivity contribution in [3.63, 3.8) is 0 Å². The highest BCUT2D eigenvalue weighted by Gasteiger charge is 2.22. The molecule has 0 radical (unpaired) electrons. The number of ether oxygens (including phenoxy) is 1. The molecule has 1 aliphatic heterocycles. The largest absolute Gasteiger partial charge is 0.504 e. The first-order valence-electron chi connectivity index (χ1n) is 9.54. The van der Waals surface area contributed by atoms with Crippen LogP contribution in [0.5, 0.6) is 11.5 Å². The molecule has 2 aromatic rings. The van der Waals surface area contributed by atoms with Crippen LogP contribution in [0.25, 0.3) is 0 Å². The summed E-state index contributed by atoms with van der Waals surface area (Å²) in [5.41, 5.74) is 2.11. The molecular formula is C21H28N4O3. The number of benzene rings is 1. The van der Waals surface area contributed by atoms with Gasteiger partial charge in [0.25, 0.3) is 0 Å². The van der Waals surface area contributed by atoms with Crippen molar-refractivity contribution in [3.8, 4) is 11.5 Å². The Morgan fingerprint density at radius 1 is 1.25 bits per heavy atom.